The maximum Gasteiger partial charge on any atom is 0.302 e. The Balaban J connectivity index is 1.37. The fourth-order valence-electron chi connectivity index (χ4n) is 8.45. The van der Waals surface area contributed by atoms with Crippen LogP contribution in [-0.2, 0) is 19.0 Å². The molecule has 0 aromatic heterocycles. The Hall–Kier alpha value is -0.610. The maximum absolute atomic E-state index is 11.4. The predicted octanol–water partition coefficient (Wildman–Crippen LogP) is 4.70. The summed E-state index contributed by atoms with van der Waals surface area (Å²) in [6.07, 6.45) is 11.1. The SMILES string of the molecule is CC(=O)O[C@H]1CC[C@@]2(C)[C@@H](CC[C@@H]3[C@H]2CC[C@@]2(C)[C@H]3CCC23OCCO3)C1. The van der Waals surface area contributed by atoms with Gasteiger partial charge in [0.1, 0.15) is 6.10 Å². The molecule has 0 aromatic carbocycles. The lowest BCUT2D eigenvalue weighted by molar-refractivity contribution is -0.248. The lowest BCUT2D eigenvalue weighted by Crippen LogP contribution is -2.57. The smallest absolute Gasteiger partial charge is 0.302 e. The topological polar surface area (TPSA) is 44.8 Å². The van der Waals surface area contributed by atoms with Crippen molar-refractivity contribution in [3.63, 3.8) is 0 Å². The highest BCUT2D eigenvalue weighted by Gasteiger charge is 2.67. The molecule has 0 aromatic rings. The van der Waals surface area contributed by atoms with Crippen LogP contribution in [0.25, 0.3) is 0 Å². The molecule has 1 aliphatic heterocycles. The summed E-state index contributed by atoms with van der Waals surface area (Å²) in [6, 6.07) is 0. The molecule has 5 fully saturated rings. The molecule has 152 valence electrons. The average molecular weight is 377 g/mol. The molecule has 4 aliphatic carbocycles. The van der Waals surface area contributed by atoms with Crippen molar-refractivity contribution < 1.29 is 19.0 Å². The van der Waals surface area contributed by atoms with Crippen LogP contribution >= 0.6 is 0 Å². The largest absolute Gasteiger partial charge is 0.463 e. The Kier molecular flexibility index (Phi) is 4.22. The van der Waals surface area contributed by atoms with Crippen LogP contribution in [0.5, 0.6) is 0 Å². The summed E-state index contributed by atoms with van der Waals surface area (Å²) in [6.45, 7) is 8.13. The Labute approximate surface area is 163 Å². The number of rotatable bonds is 1. The van der Waals surface area contributed by atoms with Crippen molar-refractivity contribution >= 4 is 5.97 Å². The number of hydrogen-bond acceptors (Lipinski definition) is 4. The molecule has 0 N–H and O–H groups in total. The zero-order valence-electron chi connectivity index (χ0n) is 17.3. The van der Waals surface area contributed by atoms with E-state index in [1.165, 1.54) is 38.5 Å². The van der Waals surface area contributed by atoms with Gasteiger partial charge in [-0.25, -0.2) is 0 Å². The second kappa shape index (κ2) is 6.19. The highest BCUT2D eigenvalue weighted by atomic mass is 16.7. The molecule has 5 rings (SSSR count). The normalized spacial score (nSPS) is 50.7. The minimum absolute atomic E-state index is 0.112. The fraction of sp³-hybridized carbons (Fsp3) is 0.957. The van der Waals surface area contributed by atoms with Gasteiger partial charge in [0.05, 0.1) is 13.2 Å². The summed E-state index contributed by atoms with van der Waals surface area (Å²) >= 11 is 0. The highest BCUT2D eigenvalue weighted by molar-refractivity contribution is 5.66. The van der Waals surface area contributed by atoms with E-state index in [0.717, 1.165) is 56.1 Å². The third-order valence-electron chi connectivity index (χ3n) is 9.75. The third kappa shape index (κ3) is 2.51. The van der Waals surface area contributed by atoms with E-state index in [1.54, 1.807) is 6.92 Å². The first-order valence-electron chi connectivity index (χ1n) is 11.3. The van der Waals surface area contributed by atoms with Gasteiger partial charge in [-0.15, -0.1) is 0 Å². The van der Waals surface area contributed by atoms with Gasteiger partial charge in [0.25, 0.3) is 0 Å². The van der Waals surface area contributed by atoms with Gasteiger partial charge in [-0.05, 0) is 80.5 Å². The minimum atomic E-state index is -0.284. The first kappa shape index (κ1) is 18.4. The molecule has 27 heavy (non-hydrogen) atoms. The van der Waals surface area contributed by atoms with Gasteiger partial charge in [-0.2, -0.15) is 0 Å². The second-order valence-corrected chi connectivity index (χ2v) is 10.6. The van der Waals surface area contributed by atoms with Crippen LogP contribution in [0.2, 0.25) is 0 Å². The molecule has 0 radical (unpaired) electrons. The van der Waals surface area contributed by atoms with Crippen LogP contribution in [0.15, 0.2) is 0 Å². The van der Waals surface area contributed by atoms with Crippen LogP contribution in [0.4, 0.5) is 0 Å². The molecule has 4 nitrogen and oxygen atoms in total. The van der Waals surface area contributed by atoms with Crippen LogP contribution in [0.1, 0.15) is 78.6 Å². The van der Waals surface area contributed by atoms with Crippen LogP contribution in [-0.4, -0.2) is 31.1 Å². The highest BCUT2D eigenvalue weighted by Crippen LogP contribution is 2.69. The zero-order valence-corrected chi connectivity index (χ0v) is 17.3. The fourth-order valence-corrected chi connectivity index (χ4v) is 8.45. The van der Waals surface area contributed by atoms with E-state index in [0.29, 0.717) is 5.41 Å². The van der Waals surface area contributed by atoms with Crippen molar-refractivity contribution in [1.29, 1.82) is 0 Å². The summed E-state index contributed by atoms with van der Waals surface area (Å²) in [4.78, 5) is 11.4. The Morgan fingerprint density at radius 3 is 2.41 bits per heavy atom. The van der Waals surface area contributed by atoms with Crippen LogP contribution in [0.3, 0.4) is 0 Å². The molecule has 1 heterocycles. The van der Waals surface area contributed by atoms with E-state index in [1.807, 2.05) is 0 Å². The summed E-state index contributed by atoms with van der Waals surface area (Å²) < 4.78 is 18.1. The summed E-state index contributed by atoms with van der Waals surface area (Å²) in [5, 5.41) is 0. The molecule has 4 saturated carbocycles. The molecule has 1 spiro atoms. The van der Waals surface area contributed by atoms with Crippen molar-refractivity contribution in [2.75, 3.05) is 13.2 Å². The van der Waals surface area contributed by atoms with Crippen molar-refractivity contribution in [2.45, 2.75) is 90.4 Å². The second-order valence-electron chi connectivity index (χ2n) is 10.6. The van der Waals surface area contributed by atoms with Crippen LogP contribution < -0.4 is 0 Å². The minimum Gasteiger partial charge on any atom is -0.463 e. The molecule has 5 aliphatic rings. The Morgan fingerprint density at radius 1 is 0.926 bits per heavy atom. The molecule has 7 atom stereocenters. The summed E-state index contributed by atoms with van der Waals surface area (Å²) in [7, 11) is 0. The first-order chi connectivity index (χ1) is 12.9. The molecule has 0 unspecified atom stereocenters. The van der Waals surface area contributed by atoms with Crippen molar-refractivity contribution in [2.24, 2.45) is 34.5 Å². The van der Waals surface area contributed by atoms with Gasteiger partial charge in [-0.1, -0.05) is 13.8 Å². The van der Waals surface area contributed by atoms with Gasteiger partial charge in [0, 0.05) is 18.8 Å². The van der Waals surface area contributed by atoms with Gasteiger partial charge in [-0.3, -0.25) is 4.79 Å². The number of carbonyl (C=O) groups excluding carboxylic acids is 1. The third-order valence-corrected chi connectivity index (χ3v) is 9.75. The van der Waals surface area contributed by atoms with Gasteiger partial charge in [0.2, 0.25) is 0 Å². The van der Waals surface area contributed by atoms with E-state index >= 15 is 0 Å². The van der Waals surface area contributed by atoms with Gasteiger partial charge in [0.15, 0.2) is 5.79 Å². The van der Waals surface area contributed by atoms with E-state index in [-0.39, 0.29) is 23.3 Å². The Morgan fingerprint density at radius 2 is 1.67 bits per heavy atom. The molecular weight excluding hydrogens is 340 g/mol. The average Bonchev–Trinajstić information content (AvgIpc) is 3.21. The number of esters is 1. The monoisotopic (exact) mass is 376 g/mol. The van der Waals surface area contributed by atoms with E-state index < -0.39 is 0 Å². The molecule has 0 bridgehead atoms. The van der Waals surface area contributed by atoms with Gasteiger partial charge < -0.3 is 14.2 Å². The summed E-state index contributed by atoms with van der Waals surface area (Å²) in [5.41, 5.74) is 0.622. The molecular formula is C23H36O4. The van der Waals surface area contributed by atoms with Crippen molar-refractivity contribution in [3.8, 4) is 0 Å². The Bertz CT molecular complexity index is 611. The van der Waals surface area contributed by atoms with Gasteiger partial charge >= 0.3 is 5.97 Å². The quantitative estimate of drug-likeness (QED) is 0.622. The lowest BCUT2D eigenvalue weighted by atomic mass is 9.45. The number of hydrogen-bond donors (Lipinski definition) is 0. The standard InChI is InChI=1S/C23H36O4/c1-15(24)27-17-6-9-21(2)16(14-17)4-5-18-19(21)7-10-22(3)20(18)8-11-23(22)25-12-13-26-23/h16-20H,4-14H2,1-3H3/t16-,17-,18+,19+,20-,21-,22-/m0/s1. The van der Waals surface area contributed by atoms with Crippen molar-refractivity contribution in [3.05, 3.63) is 0 Å². The summed E-state index contributed by atoms with van der Waals surface area (Å²) in [5.74, 6) is 2.71. The number of carbonyl (C=O) groups is 1. The first-order valence-corrected chi connectivity index (χ1v) is 11.3. The van der Waals surface area contributed by atoms with Crippen LogP contribution in [0, 0.1) is 34.5 Å². The van der Waals surface area contributed by atoms with E-state index in [4.69, 9.17) is 14.2 Å². The molecule has 0 amide bonds. The zero-order chi connectivity index (χ0) is 18.9. The maximum atomic E-state index is 11.4. The van der Waals surface area contributed by atoms with Crippen molar-refractivity contribution in [1.82, 2.24) is 0 Å². The predicted molar refractivity (Wildman–Crippen MR) is 102 cm³/mol. The lowest BCUT2D eigenvalue weighted by Gasteiger charge is -2.61. The number of fused-ring (bicyclic) bond motifs is 6. The van der Waals surface area contributed by atoms with E-state index in [9.17, 15) is 4.79 Å². The molecule has 1 saturated heterocycles. The van der Waals surface area contributed by atoms with E-state index in [2.05, 4.69) is 13.8 Å². The molecule has 4 heteroatoms. The number of ether oxygens (including phenoxy) is 3.